The molecule has 5 heteroatoms. The van der Waals surface area contributed by atoms with Gasteiger partial charge in [-0.15, -0.1) is 0 Å². The Morgan fingerprint density at radius 3 is 2.63 bits per heavy atom. The summed E-state index contributed by atoms with van der Waals surface area (Å²) < 4.78 is 1.92. The number of carbonyl (C=O) groups is 1. The summed E-state index contributed by atoms with van der Waals surface area (Å²) in [7, 11) is 1.64. The number of nitrogens with zero attached hydrogens (tertiary/aromatic N) is 2. The molecule has 0 aliphatic rings. The number of hydrogen-bond acceptors (Lipinski definition) is 3. The van der Waals surface area contributed by atoms with E-state index in [-0.39, 0.29) is 12.5 Å². The van der Waals surface area contributed by atoms with Crippen molar-refractivity contribution in [1.82, 2.24) is 14.9 Å². The lowest BCUT2D eigenvalue weighted by Gasteiger charge is -2.09. The highest BCUT2D eigenvalue weighted by Gasteiger charge is 2.13. The van der Waals surface area contributed by atoms with Gasteiger partial charge in [-0.05, 0) is 44.0 Å². The summed E-state index contributed by atoms with van der Waals surface area (Å²) >= 11 is 0. The van der Waals surface area contributed by atoms with Crippen LogP contribution in [0.3, 0.4) is 0 Å². The molecule has 0 unspecified atom stereocenters. The first kappa shape index (κ1) is 13.4. The van der Waals surface area contributed by atoms with Crippen LogP contribution in [0.2, 0.25) is 0 Å². The lowest BCUT2D eigenvalue weighted by Crippen LogP contribution is -2.24. The third-order valence-electron chi connectivity index (χ3n) is 3.28. The number of carbonyl (C=O) groups excluding carboxylic acids is 1. The molecule has 2 rings (SSSR count). The van der Waals surface area contributed by atoms with E-state index in [0.29, 0.717) is 0 Å². The first-order valence-electron chi connectivity index (χ1n) is 6.48. The quantitative estimate of drug-likeness (QED) is 0.881. The molecule has 19 heavy (non-hydrogen) atoms. The van der Waals surface area contributed by atoms with E-state index in [2.05, 4.69) is 41.6 Å². The van der Waals surface area contributed by atoms with Crippen LogP contribution in [0.25, 0.3) is 11.0 Å². The van der Waals surface area contributed by atoms with Gasteiger partial charge in [0, 0.05) is 13.6 Å². The van der Waals surface area contributed by atoms with Crippen molar-refractivity contribution in [3.63, 3.8) is 0 Å². The van der Waals surface area contributed by atoms with Crippen molar-refractivity contribution in [2.45, 2.75) is 27.3 Å². The normalized spacial score (nSPS) is 10.7. The Morgan fingerprint density at radius 1 is 1.32 bits per heavy atom. The second-order valence-corrected chi connectivity index (χ2v) is 4.65. The molecule has 102 valence electrons. The molecule has 0 saturated heterocycles. The minimum absolute atomic E-state index is 0.0309. The molecule has 1 amide bonds. The van der Waals surface area contributed by atoms with E-state index in [1.807, 2.05) is 11.5 Å². The van der Waals surface area contributed by atoms with Gasteiger partial charge >= 0.3 is 0 Å². The van der Waals surface area contributed by atoms with Gasteiger partial charge in [-0.25, -0.2) is 4.98 Å². The molecule has 0 bridgehead atoms. The minimum atomic E-state index is -0.0309. The van der Waals surface area contributed by atoms with Crippen LogP contribution in [-0.2, 0) is 11.3 Å². The summed E-state index contributed by atoms with van der Waals surface area (Å²) in [6.45, 7) is 7.20. The Labute approximate surface area is 113 Å². The molecule has 1 aromatic carbocycles. The monoisotopic (exact) mass is 260 g/mol. The van der Waals surface area contributed by atoms with Crippen LogP contribution in [0.4, 0.5) is 5.95 Å². The zero-order valence-electron chi connectivity index (χ0n) is 11.9. The maximum absolute atomic E-state index is 11.6. The van der Waals surface area contributed by atoms with Crippen molar-refractivity contribution >= 4 is 22.9 Å². The lowest BCUT2D eigenvalue weighted by molar-refractivity contribution is -0.121. The minimum Gasteiger partial charge on any atom is -0.358 e. The summed E-state index contributed by atoms with van der Waals surface area (Å²) in [4.78, 5) is 16.2. The van der Waals surface area contributed by atoms with E-state index in [1.165, 1.54) is 11.1 Å². The van der Waals surface area contributed by atoms with Crippen LogP contribution < -0.4 is 10.6 Å². The van der Waals surface area contributed by atoms with E-state index in [4.69, 9.17) is 0 Å². The SMILES string of the molecule is CCNc1nc2cc(C)c(C)cc2n1CC(=O)NC. The molecule has 0 fully saturated rings. The average molecular weight is 260 g/mol. The highest BCUT2D eigenvalue weighted by Crippen LogP contribution is 2.23. The summed E-state index contributed by atoms with van der Waals surface area (Å²) in [6, 6.07) is 4.15. The van der Waals surface area contributed by atoms with Crippen molar-refractivity contribution in [3.8, 4) is 0 Å². The summed E-state index contributed by atoms with van der Waals surface area (Å²) in [5.74, 6) is 0.711. The number of aryl methyl sites for hydroxylation is 2. The third-order valence-corrected chi connectivity index (χ3v) is 3.28. The van der Waals surface area contributed by atoms with E-state index in [1.54, 1.807) is 7.05 Å². The smallest absolute Gasteiger partial charge is 0.239 e. The number of benzene rings is 1. The van der Waals surface area contributed by atoms with Crippen molar-refractivity contribution in [3.05, 3.63) is 23.3 Å². The summed E-state index contributed by atoms with van der Waals surface area (Å²) in [5.41, 5.74) is 4.32. The molecule has 0 atom stereocenters. The summed E-state index contributed by atoms with van der Waals surface area (Å²) in [6.07, 6.45) is 0. The highest BCUT2D eigenvalue weighted by atomic mass is 16.1. The van der Waals surface area contributed by atoms with E-state index < -0.39 is 0 Å². The number of hydrogen-bond donors (Lipinski definition) is 2. The second kappa shape index (κ2) is 5.30. The van der Waals surface area contributed by atoms with Crippen LogP contribution in [0.15, 0.2) is 12.1 Å². The molecule has 1 aromatic heterocycles. The van der Waals surface area contributed by atoms with Gasteiger partial charge in [0.15, 0.2) is 0 Å². The van der Waals surface area contributed by atoms with Crippen molar-refractivity contribution in [2.24, 2.45) is 0 Å². The van der Waals surface area contributed by atoms with Gasteiger partial charge in [0.05, 0.1) is 11.0 Å². The number of anilines is 1. The Balaban J connectivity index is 2.58. The average Bonchev–Trinajstić information content (AvgIpc) is 2.68. The molecular formula is C14H20N4O. The van der Waals surface area contributed by atoms with E-state index in [0.717, 1.165) is 23.5 Å². The first-order chi connectivity index (χ1) is 9.06. The van der Waals surface area contributed by atoms with Gasteiger partial charge in [-0.3, -0.25) is 4.79 Å². The Kier molecular flexibility index (Phi) is 3.74. The Bertz CT molecular complexity index is 615. The van der Waals surface area contributed by atoms with E-state index >= 15 is 0 Å². The largest absolute Gasteiger partial charge is 0.358 e. The predicted molar refractivity (Wildman–Crippen MR) is 77.4 cm³/mol. The van der Waals surface area contributed by atoms with Crippen LogP contribution >= 0.6 is 0 Å². The van der Waals surface area contributed by atoms with Crippen LogP contribution in [0.1, 0.15) is 18.1 Å². The third kappa shape index (κ3) is 2.54. The fourth-order valence-electron chi connectivity index (χ4n) is 2.06. The van der Waals surface area contributed by atoms with Crippen LogP contribution in [0, 0.1) is 13.8 Å². The molecule has 1 heterocycles. The van der Waals surface area contributed by atoms with Gasteiger partial charge in [-0.2, -0.15) is 0 Å². The zero-order valence-corrected chi connectivity index (χ0v) is 11.9. The molecule has 0 aliphatic heterocycles. The van der Waals surface area contributed by atoms with Gasteiger partial charge in [0.2, 0.25) is 11.9 Å². The number of fused-ring (bicyclic) bond motifs is 1. The van der Waals surface area contributed by atoms with Gasteiger partial charge in [-0.1, -0.05) is 0 Å². The molecule has 0 spiro atoms. The lowest BCUT2D eigenvalue weighted by atomic mass is 10.1. The Hall–Kier alpha value is -2.04. The number of imidazole rings is 1. The maximum atomic E-state index is 11.6. The fourth-order valence-corrected chi connectivity index (χ4v) is 2.06. The molecule has 0 aliphatic carbocycles. The molecule has 0 saturated carbocycles. The van der Waals surface area contributed by atoms with E-state index in [9.17, 15) is 4.79 Å². The van der Waals surface area contributed by atoms with Gasteiger partial charge in [0.25, 0.3) is 0 Å². The summed E-state index contributed by atoms with van der Waals surface area (Å²) in [5, 5.41) is 5.85. The molecule has 2 N–H and O–H groups in total. The molecule has 0 radical (unpaired) electrons. The second-order valence-electron chi connectivity index (χ2n) is 4.65. The topological polar surface area (TPSA) is 59.0 Å². The van der Waals surface area contributed by atoms with Crippen molar-refractivity contribution in [1.29, 1.82) is 0 Å². The number of amides is 1. The molecule has 2 aromatic rings. The van der Waals surface area contributed by atoms with Crippen LogP contribution in [0.5, 0.6) is 0 Å². The number of rotatable bonds is 4. The zero-order chi connectivity index (χ0) is 14.0. The fraction of sp³-hybridized carbons (Fsp3) is 0.429. The van der Waals surface area contributed by atoms with Crippen molar-refractivity contribution < 1.29 is 4.79 Å². The number of nitrogens with one attached hydrogen (secondary N) is 2. The van der Waals surface area contributed by atoms with Gasteiger partial charge in [0.1, 0.15) is 6.54 Å². The standard InChI is InChI=1S/C14H20N4O/c1-5-16-14-17-11-6-9(2)10(3)7-12(11)18(14)8-13(19)15-4/h6-7H,5,8H2,1-4H3,(H,15,19)(H,16,17). The molecule has 5 nitrogen and oxygen atoms in total. The molecular weight excluding hydrogens is 240 g/mol. The Morgan fingerprint density at radius 2 is 2.00 bits per heavy atom. The van der Waals surface area contributed by atoms with Crippen LogP contribution in [-0.4, -0.2) is 29.1 Å². The highest BCUT2D eigenvalue weighted by molar-refractivity contribution is 5.84. The number of aromatic nitrogens is 2. The maximum Gasteiger partial charge on any atom is 0.239 e. The first-order valence-corrected chi connectivity index (χ1v) is 6.48. The predicted octanol–water partition coefficient (Wildman–Crippen LogP) is 1.83. The number of likely N-dealkylation sites (N-methyl/N-ethyl adjacent to an activating group) is 1. The van der Waals surface area contributed by atoms with Crippen molar-refractivity contribution in [2.75, 3.05) is 18.9 Å². The van der Waals surface area contributed by atoms with Gasteiger partial charge < -0.3 is 15.2 Å².